The number of carboxylic acids is 1. The minimum atomic E-state index is -0.838. The van der Waals surface area contributed by atoms with Gasteiger partial charge < -0.3 is 9.84 Å². The fraction of sp³-hybridized carbons (Fsp3) is 0.174. The molecule has 3 nitrogen and oxygen atoms in total. The normalized spacial score (nSPS) is 10.5. The lowest BCUT2D eigenvalue weighted by atomic mass is 9.99. The van der Waals surface area contributed by atoms with Crippen LogP contribution in [0.1, 0.15) is 23.6 Å². The number of hydrogen-bond donors (Lipinski definition) is 1. The van der Waals surface area contributed by atoms with Crippen molar-refractivity contribution in [3.8, 4) is 16.9 Å². The number of ether oxygens (including phenoxy) is 1. The molecule has 3 heteroatoms. The van der Waals surface area contributed by atoms with Gasteiger partial charge in [-0.2, -0.15) is 0 Å². The first-order valence-corrected chi connectivity index (χ1v) is 8.76. The molecule has 0 radical (unpaired) electrons. The van der Waals surface area contributed by atoms with E-state index < -0.39 is 5.97 Å². The molecule has 0 aromatic heterocycles. The Hall–Kier alpha value is -3.07. The summed E-state index contributed by atoms with van der Waals surface area (Å²) in [6.45, 7) is 2.59. The molecule has 0 spiro atoms. The predicted molar refractivity (Wildman–Crippen MR) is 103 cm³/mol. The standard InChI is InChI=1S/C23H22O3/c1-2-17-8-11-20(12-9-17)21-14-19(15-23(24)25)10-13-22(21)26-16-18-6-4-3-5-7-18/h3-14H,2,15-16H2,1H3,(H,24,25). The maximum atomic E-state index is 11.1. The summed E-state index contributed by atoms with van der Waals surface area (Å²) >= 11 is 0. The molecule has 0 fully saturated rings. The largest absolute Gasteiger partial charge is 0.488 e. The van der Waals surface area contributed by atoms with Crippen LogP contribution in [0.2, 0.25) is 0 Å². The van der Waals surface area contributed by atoms with Gasteiger partial charge in [-0.1, -0.05) is 67.6 Å². The minimum Gasteiger partial charge on any atom is -0.488 e. The first-order valence-electron chi connectivity index (χ1n) is 8.76. The molecule has 0 saturated carbocycles. The van der Waals surface area contributed by atoms with Crippen molar-refractivity contribution >= 4 is 5.97 Å². The van der Waals surface area contributed by atoms with Gasteiger partial charge in [0.1, 0.15) is 12.4 Å². The van der Waals surface area contributed by atoms with Gasteiger partial charge in [0.2, 0.25) is 0 Å². The van der Waals surface area contributed by atoms with Crippen molar-refractivity contribution in [1.29, 1.82) is 0 Å². The molecule has 0 amide bonds. The van der Waals surface area contributed by atoms with E-state index in [4.69, 9.17) is 9.84 Å². The van der Waals surface area contributed by atoms with E-state index >= 15 is 0 Å². The van der Waals surface area contributed by atoms with Crippen molar-refractivity contribution in [1.82, 2.24) is 0 Å². The van der Waals surface area contributed by atoms with E-state index in [-0.39, 0.29) is 6.42 Å². The molecule has 3 aromatic rings. The van der Waals surface area contributed by atoms with Crippen molar-refractivity contribution in [2.24, 2.45) is 0 Å². The molecule has 0 heterocycles. The third-order valence-electron chi connectivity index (χ3n) is 4.31. The second-order valence-corrected chi connectivity index (χ2v) is 6.23. The highest BCUT2D eigenvalue weighted by molar-refractivity contribution is 5.75. The van der Waals surface area contributed by atoms with E-state index in [0.717, 1.165) is 34.4 Å². The number of hydrogen-bond acceptors (Lipinski definition) is 2. The number of aliphatic carboxylic acids is 1. The van der Waals surface area contributed by atoms with Gasteiger partial charge in [-0.3, -0.25) is 4.79 Å². The molecule has 0 atom stereocenters. The van der Waals surface area contributed by atoms with E-state index in [0.29, 0.717) is 6.61 Å². The Morgan fingerprint density at radius 3 is 2.23 bits per heavy atom. The van der Waals surface area contributed by atoms with Crippen LogP contribution in [0.3, 0.4) is 0 Å². The Bertz CT molecular complexity index is 868. The van der Waals surface area contributed by atoms with Crippen LogP contribution in [-0.2, 0) is 24.2 Å². The summed E-state index contributed by atoms with van der Waals surface area (Å²) in [6.07, 6.45) is 0.982. The van der Waals surface area contributed by atoms with E-state index in [1.807, 2.05) is 48.5 Å². The van der Waals surface area contributed by atoms with Crippen molar-refractivity contribution in [3.05, 3.63) is 89.5 Å². The van der Waals surface area contributed by atoms with Crippen molar-refractivity contribution < 1.29 is 14.6 Å². The molecule has 3 rings (SSSR count). The molecule has 0 bridgehead atoms. The fourth-order valence-corrected chi connectivity index (χ4v) is 2.87. The number of aryl methyl sites for hydroxylation is 1. The van der Waals surface area contributed by atoms with Crippen molar-refractivity contribution in [2.75, 3.05) is 0 Å². The first kappa shape index (κ1) is 17.7. The lowest BCUT2D eigenvalue weighted by molar-refractivity contribution is -0.136. The summed E-state index contributed by atoms with van der Waals surface area (Å²) in [6, 6.07) is 23.9. The van der Waals surface area contributed by atoms with Gasteiger partial charge in [-0.05, 0) is 40.8 Å². The first-order chi connectivity index (χ1) is 12.7. The van der Waals surface area contributed by atoms with Gasteiger partial charge >= 0.3 is 5.97 Å². The average Bonchev–Trinajstić information content (AvgIpc) is 2.67. The molecule has 0 unspecified atom stereocenters. The monoisotopic (exact) mass is 346 g/mol. The summed E-state index contributed by atoms with van der Waals surface area (Å²) in [7, 11) is 0. The van der Waals surface area contributed by atoms with Crippen LogP contribution in [0.15, 0.2) is 72.8 Å². The Balaban J connectivity index is 1.92. The molecule has 3 aromatic carbocycles. The summed E-state index contributed by atoms with van der Waals surface area (Å²) in [5.41, 5.74) is 5.07. The van der Waals surface area contributed by atoms with E-state index in [1.165, 1.54) is 5.56 Å². The molecule has 26 heavy (non-hydrogen) atoms. The molecule has 1 N–H and O–H groups in total. The summed E-state index contributed by atoms with van der Waals surface area (Å²) < 4.78 is 6.05. The molecule has 0 aliphatic carbocycles. The lowest BCUT2D eigenvalue weighted by Crippen LogP contribution is -2.02. The molecule has 132 valence electrons. The second kappa shape index (κ2) is 8.34. The Morgan fingerprint density at radius 1 is 0.885 bits per heavy atom. The Kier molecular flexibility index (Phi) is 5.69. The van der Waals surface area contributed by atoms with Gasteiger partial charge in [0.15, 0.2) is 0 Å². The highest BCUT2D eigenvalue weighted by Crippen LogP contribution is 2.32. The molecule has 0 aliphatic heterocycles. The van der Waals surface area contributed by atoms with Gasteiger partial charge in [-0.15, -0.1) is 0 Å². The number of carbonyl (C=O) groups is 1. The maximum Gasteiger partial charge on any atom is 0.307 e. The van der Waals surface area contributed by atoms with Crippen LogP contribution in [-0.4, -0.2) is 11.1 Å². The van der Waals surface area contributed by atoms with Crippen LogP contribution in [0.4, 0.5) is 0 Å². The summed E-state index contributed by atoms with van der Waals surface area (Å²) in [4.78, 5) is 11.1. The van der Waals surface area contributed by atoms with Crippen molar-refractivity contribution in [2.45, 2.75) is 26.4 Å². The third kappa shape index (κ3) is 4.51. The maximum absolute atomic E-state index is 11.1. The van der Waals surface area contributed by atoms with E-state index in [9.17, 15) is 4.79 Å². The van der Waals surface area contributed by atoms with Crippen molar-refractivity contribution in [3.63, 3.8) is 0 Å². The summed E-state index contributed by atoms with van der Waals surface area (Å²) in [5.74, 6) is -0.0810. The number of carboxylic acid groups (broad SMARTS) is 1. The van der Waals surface area contributed by atoms with Gasteiger partial charge in [0, 0.05) is 5.56 Å². The number of benzene rings is 3. The predicted octanol–water partition coefficient (Wildman–Crippen LogP) is 5.12. The van der Waals surface area contributed by atoms with Gasteiger partial charge in [0.25, 0.3) is 0 Å². The minimum absolute atomic E-state index is 0.000983. The van der Waals surface area contributed by atoms with E-state index in [2.05, 4.69) is 31.2 Å². The molecular weight excluding hydrogens is 324 g/mol. The molecule has 0 aliphatic rings. The topological polar surface area (TPSA) is 46.5 Å². The zero-order valence-electron chi connectivity index (χ0n) is 14.8. The van der Waals surface area contributed by atoms with Gasteiger partial charge in [-0.25, -0.2) is 0 Å². The van der Waals surface area contributed by atoms with Crippen LogP contribution in [0.5, 0.6) is 5.75 Å². The van der Waals surface area contributed by atoms with Crippen LogP contribution in [0.25, 0.3) is 11.1 Å². The van der Waals surface area contributed by atoms with Crippen LogP contribution < -0.4 is 4.74 Å². The highest BCUT2D eigenvalue weighted by Gasteiger charge is 2.10. The number of rotatable bonds is 7. The molecular formula is C23H22O3. The zero-order valence-corrected chi connectivity index (χ0v) is 14.8. The van der Waals surface area contributed by atoms with Gasteiger partial charge in [0.05, 0.1) is 6.42 Å². The SMILES string of the molecule is CCc1ccc(-c2cc(CC(=O)O)ccc2OCc2ccccc2)cc1. The van der Waals surface area contributed by atoms with Crippen LogP contribution in [0, 0.1) is 0 Å². The Labute approximate surface area is 153 Å². The van der Waals surface area contributed by atoms with E-state index in [1.54, 1.807) is 0 Å². The molecule has 0 saturated heterocycles. The summed E-state index contributed by atoms with van der Waals surface area (Å²) in [5, 5.41) is 9.09. The quantitative estimate of drug-likeness (QED) is 0.646. The zero-order chi connectivity index (χ0) is 18.4. The lowest BCUT2D eigenvalue weighted by Gasteiger charge is -2.14. The average molecular weight is 346 g/mol. The van der Waals surface area contributed by atoms with Crippen LogP contribution >= 0.6 is 0 Å². The fourth-order valence-electron chi connectivity index (χ4n) is 2.87. The second-order valence-electron chi connectivity index (χ2n) is 6.23. The Morgan fingerprint density at radius 2 is 1.58 bits per heavy atom. The third-order valence-corrected chi connectivity index (χ3v) is 4.31. The highest BCUT2D eigenvalue weighted by atomic mass is 16.5. The smallest absolute Gasteiger partial charge is 0.307 e.